The number of carbonyl (C=O) groups excluding carboxylic acids is 2. The third-order valence-electron chi connectivity index (χ3n) is 3.04. The zero-order valence-electron chi connectivity index (χ0n) is 12.6. The van der Waals surface area contributed by atoms with E-state index in [0.717, 1.165) is 5.56 Å². The number of amides is 1. The van der Waals surface area contributed by atoms with Crippen molar-refractivity contribution in [1.29, 1.82) is 0 Å². The maximum Gasteiger partial charge on any atom is 0.319 e. The summed E-state index contributed by atoms with van der Waals surface area (Å²) in [5.74, 6) is -0.489. The fourth-order valence-corrected chi connectivity index (χ4v) is 1.82. The Labute approximate surface area is 130 Å². The van der Waals surface area contributed by atoms with Gasteiger partial charge in [-0.2, -0.15) is 0 Å². The second-order valence-corrected chi connectivity index (χ2v) is 5.41. The molecule has 0 radical (unpaired) electrons. The highest BCUT2D eigenvalue weighted by molar-refractivity contribution is 6.30. The van der Waals surface area contributed by atoms with Gasteiger partial charge in [0.15, 0.2) is 0 Å². The van der Waals surface area contributed by atoms with E-state index in [1.807, 2.05) is 26.0 Å². The summed E-state index contributed by atoms with van der Waals surface area (Å²) in [6.45, 7) is 4.54. The lowest BCUT2D eigenvalue weighted by atomic mass is 10.2. The molecule has 21 heavy (non-hydrogen) atoms. The van der Waals surface area contributed by atoms with Gasteiger partial charge in [-0.1, -0.05) is 23.7 Å². The molecule has 1 aromatic rings. The Morgan fingerprint density at radius 2 is 1.86 bits per heavy atom. The molecule has 0 saturated carbocycles. The predicted octanol–water partition coefficient (Wildman–Crippen LogP) is 1.84. The SMILES string of the molecule is COC(=O)CN(CC(=O)NCc1ccc(Cl)cc1)C(C)C. The molecule has 116 valence electrons. The van der Waals surface area contributed by atoms with E-state index >= 15 is 0 Å². The zero-order valence-corrected chi connectivity index (χ0v) is 13.3. The molecule has 0 aliphatic carbocycles. The Bertz CT molecular complexity index is 474. The van der Waals surface area contributed by atoms with E-state index in [0.29, 0.717) is 11.6 Å². The molecule has 1 N–H and O–H groups in total. The second kappa shape index (κ2) is 8.64. The van der Waals surface area contributed by atoms with Gasteiger partial charge in [-0.15, -0.1) is 0 Å². The normalized spacial score (nSPS) is 10.8. The van der Waals surface area contributed by atoms with Crippen molar-refractivity contribution in [3.8, 4) is 0 Å². The van der Waals surface area contributed by atoms with Crippen molar-refractivity contribution in [3.63, 3.8) is 0 Å². The lowest BCUT2D eigenvalue weighted by Crippen LogP contribution is -2.43. The van der Waals surface area contributed by atoms with Crippen molar-refractivity contribution in [3.05, 3.63) is 34.9 Å². The van der Waals surface area contributed by atoms with Crippen LogP contribution in [-0.4, -0.2) is 43.0 Å². The van der Waals surface area contributed by atoms with E-state index in [1.54, 1.807) is 17.0 Å². The Kier molecular flexibility index (Phi) is 7.19. The van der Waals surface area contributed by atoms with Crippen molar-refractivity contribution in [1.82, 2.24) is 10.2 Å². The summed E-state index contributed by atoms with van der Waals surface area (Å²) in [5.41, 5.74) is 0.969. The average molecular weight is 313 g/mol. The van der Waals surface area contributed by atoms with E-state index in [4.69, 9.17) is 11.6 Å². The molecular formula is C15H21ClN2O3. The number of benzene rings is 1. The number of nitrogens with zero attached hydrogens (tertiary/aromatic N) is 1. The monoisotopic (exact) mass is 312 g/mol. The molecule has 0 aliphatic heterocycles. The van der Waals surface area contributed by atoms with Crippen LogP contribution in [0.15, 0.2) is 24.3 Å². The number of nitrogens with one attached hydrogen (secondary N) is 1. The number of carbonyl (C=O) groups is 2. The number of halogens is 1. The van der Waals surface area contributed by atoms with Crippen molar-refractivity contribution < 1.29 is 14.3 Å². The molecule has 0 bridgehead atoms. The maximum atomic E-state index is 11.9. The third-order valence-corrected chi connectivity index (χ3v) is 3.29. The van der Waals surface area contributed by atoms with Crippen LogP contribution in [0, 0.1) is 0 Å². The van der Waals surface area contributed by atoms with Gasteiger partial charge in [0.25, 0.3) is 0 Å². The van der Waals surface area contributed by atoms with Crippen molar-refractivity contribution in [2.45, 2.75) is 26.4 Å². The number of hydrogen-bond donors (Lipinski definition) is 1. The molecule has 0 aliphatic rings. The van der Waals surface area contributed by atoms with Gasteiger partial charge in [-0.25, -0.2) is 0 Å². The van der Waals surface area contributed by atoms with Gasteiger partial charge in [0, 0.05) is 17.6 Å². The van der Waals surface area contributed by atoms with Crippen LogP contribution in [0.2, 0.25) is 5.02 Å². The molecule has 0 saturated heterocycles. The molecule has 1 amide bonds. The van der Waals surface area contributed by atoms with E-state index in [1.165, 1.54) is 7.11 Å². The summed E-state index contributed by atoms with van der Waals surface area (Å²) in [4.78, 5) is 25.0. The van der Waals surface area contributed by atoms with Crippen LogP contribution in [0.3, 0.4) is 0 Å². The molecule has 0 atom stereocenters. The minimum Gasteiger partial charge on any atom is -0.468 e. The lowest BCUT2D eigenvalue weighted by molar-refractivity contribution is -0.142. The number of hydrogen-bond acceptors (Lipinski definition) is 4. The van der Waals surface area contributed by atoms with E-state index in [2.05, 4.69) is 10.1 Å². The number of ether oxygens (including phenoxy) is 1. The maximum absolute atomic E-state index is 11.9. The quantitative estimate of drug-likeness (QED) is 0.781. The minimum absolute atomic E-state index is 0.0744. The average Bonchev–Trinajstić information content (AvgIpc) is 2.45. The molecule has 6 heteroatoms. The first-order chi connectivity index (χ1) is 9.92. The Hall–Kier alpha value is -1.59. The minimum atomic E-state index is -0.353. The number of methoxy groups -OCH3 is 1. The van der Waals surface area contributed by atoms with Crippen LogP contribution in [0.4, 0.5) is 0 Å². The zero-order chi connectivity index (χ0) is 15.8. The van der Waals surface area contributed by atoms with Crippen LogP contribution in [0.25, 0.3) is 0 Å². The highest BCUT2D eigenvalue weighted by atomic mass is 35.5. The smallest absolute Gasteiger partial charge is 0.319 e. The highest BCUT2D eigenvalue weighted by Crippen LogP contribution is 2.09. The fraction of sp³-hybridized carbons (Fsp3) is 0.467. The number of rotatable bonds is 7. The van der Waals surface area contributed by atoms with Gasteiger partial charge in [-0.3, -0.25) is 14.5 Å². The largest absolute Gasteiger partial charge is 0.468 e. The molecule has 0 unspecified atom stereocenters. The molecule has 1 aromatic carbocycles. The van der Waals surface area contributed by atoms with Crippen LogP contribution >= 0.6 is 11.6 Å². The molecule has 5 nitrogen and oxygen atoms in total. The lowest BCUT2D eigenvalue weighted by Gasteiger charge is -2.24. The standard InChI is InChI=1S/C15H21ClN2O3/c1-11(2)18(10-15(20)21-3)9-14(19)17-8-12-4-6-13(16)7-5-12/h4-7,11H,8-10H2,1-3H3,(H,17,19). The van der Waals surface area contributed by atoms with E-state index < -0.39 is 0 Å². The van der Waals surface area contributed by atoms with Gasteiger partial charge in [0.2, 0.25) is 5.91 Å². The van der Waals surface area contributed by atoms with Gasteiger partial charge < -0.3 is 10.1 Å². The Morgan fingerprint density at radius 3 is 2.38 bits per heavy atom. The van der Waals surface area contributed by atoms with Crippen LogP contribution in [0.1, 0.15) is 19.4 Å². The first kappa shape index (κ1) is 17.5. The van der Waals surface area contributed by atoms with Gasteiger partial charge >= 0.3 is 5.97 Å². The summed E-state index contributed by atoms with van der Waals surface area (Å²) >= 11 is 5.80. The molecule has 1 rings (SSSR count). The molecule has 0 heterocycles. The number of esters is 1. The summed E-state index contributed by atoms with van der Waals surface area (Å²) in [7, 11) is 1.33. The summed E-state index contributed by atoms with van der Waals surface area (Å²) in [6, 6.07) is 7.35. The first-order valence-electron chi connectivity index (χ1n) is 6.74. The topological polar surface area (TPSA) is 58.6 Å². The van der Waals surface area contributed by atoms with Crippen LogP contribution in [-0.2, 0) is 20.9 Å². The first-order valence-corrected chi connectivity index (χ1v) is 7.12. The fourth-order valence-electron chi connectivity index (χ4n) is 1.69. The summed E-state index contributed by atoms with van der Waals surface area (Å²) in [6.07, 6.45) is 0. The van der Waals surface area contributed by atoms with E-state index in [9.17, 15) is 9.59 Å². The Morgan fingerprint density at radius 1 is 1.24 bits per heavy atom. The highest BCUT2D eigenvalue weighted by Gasteiger charge is 2.17. The molecule has 0 fully saturated rings. The summed E-state index contributed by atoms with van der Waals surface area (Å²) in [5, 5.41) is 3.48. The van der Waals surface area contributed by atoms with Gasteiger partial charge in [-0.05, 0) is 31.5 Å². The van der Waals surface area contributed by atoms with Crippen molar-refractivity contribution in [2.24, 2.45) is 0 Å². The van der Waals surface area contributed by atoms with Crippen molar-refractivity contribution in [2.75, 3.05) is 20.2 Å². The Balaban J connectivity index is 2.46. The third kappa shape index (κ3) is 6.60. The van der Waals surface area contributed by atoms with Crippen molar-refractivity contribution >= 4 is 23.5 Å². The second-order valence-electron chi connectivity index (χ2n) is 4.98. The van der Waals surface area contributed by atoms with Crippen LogP contribution < -0.4 is 5.32 Å². The van der Waals surface area contributed by atoms with Gasteiger partial charge in [0.05, 0.1) is 20.2 Å². The van der Waals surface area contributed by atoms with E-state index in [-0.39, 0.29) is 31.0 Å². The van der Waals surface area contributed by atoms with Gasteiger partial charge in [0.1, 0.15) is 0 Å². The summed E-state index contributed by atoms with van der Waals surface area (Å²) < 4.78 is 4.63. The predicted molar refractivity (Wildman–Crippen MR) is 82.0 cm³/mol. The van der Waals surface area contributed by atoms with Crippen LogP contribution in [0.5, 0.6) is 0 Å². The molecule has 0 spiro atoms. The molecular weight excluding hydrogens is 292 g/mol. The molecule has 0 aromatic heterocycles.